The molecule has 0 saturated carbocycles. The van der Waals surface area contributed by atoms with Crippen LogP contribution in [0.25, 0.3) is 0 Å². The van der Waals surface area contributed by atoms with Gasteiger partial charge < -0.3 is 20.1 Å². The Hall–Kier alpha value is -3.20. The number of ether oxygens (including phenoxy) is 1. The Morgan fingerprint density at radius 2 is 1.88 bits per heavy atom. The number of fused-ring (bicyclic) bond motifs is 1. The SMILES string of the molecule is O=C1CN(Cc2ccnc(N3CCCCC3)n2)Cc2ccc(C(=O)O)cc2OCCCCCN1. The number of benzene rings is 1. The minimum Gasteiger partial charge on any atom is -0.493 e. The lowest BCUT2D eigenvalue weighted by Crippen LogP contribution is -2.37. The first-order valence-electron chi connectivity index (χ1n) is 12.1. The zero-order valence-electron chi connectivity index (χ0n) is 19.5. The van der Waals surface area contributed by atoms with Gasteiger partial charge in [-0.2, -0.15) is 0 Å². The normalized spacial score (nSPS) is 18.5. The summed E-state index contributed by atoms with van der Waals surface area (Å²) < 4.78 is 5.99. The summed E-state index contributed by atoms with van der Waals surface area (Å²) in [4.78, 5) is 37.6. The average Bonchev–Trinajstić information content (AvgIpc) is 2.85. The van der Waals surface area contributed by atoms with E-state index in [1.807, 2.05) is 11.0 Å². The van der Waals surface area contributed by atoms with E-state index in [1.165, 1.54) is 6.42 Å². The van der Waals surface area contributed by atoms with Crippen LogP contribution >= 0.6 is 0 Å². The predicted octanol–water partition coefficient (Wildman–Crippen LogP) is 2.85. The second-order valence-electron chi connectivity index (χ2n) is 8.93. The number of rotatable bonds is 4. The molecule has 2 N–H and O–H groups in total. The number of amides is 1. The number of anilines is 1. The fourth-order valence-electron chi connectivity index (χ4n) is 4.38. The number of piperidine rings is 1. The molecule has 2 aromatic rings. The van der Waals surface area contributed by atoms with Crippen LogP contribution in [0.5, 0.6) is 5.75 Å². The van der Waals surface area contributed by atoms with Gasteiger partial charge in [0.1, 0.15) is 5.75 Å². The van der Waals surface area contributed by atoms with E-state index in [9.17, 15) is 14.7 Å². The van der Waals surface area contributed by atoms with Crippen molar-refractivity contribution in [3.8, 4) is 5.75 Å². The maximum Gasteiger partial charge on any atom is 0.335 e. The minimum absolute atomic E-state index is 0.0332. The monoisotopic (exact) mass is 467 g/mol. The van der Waals surface area contributed by atoms with E-state index in [-0.39, 0.29) is 18.0 Å². The highest BCUT2D eigenvalue weighted by Gasteiger charge is 2.19. The Morgan fingerprint density at radius 1 is 1.06 bits per heavy atom. The number of carbonyl (C=O) groups excluding carboxylic acids is 1. The molecule has 34 heavy (non-hydrogen) atoms. The van der Waals surface area contributed by atoms with Crippen LogP contribution in [-0.2, 0) is 17.9 Å². The Kier molecular flexibility index (Phi) is 8.30. The molecule has 0 aliphatic carbocycles. The van der Waals surface area contributed by atoms with Gasteiger partial charge in [0.2, 0.25) is 11.9 Å². The third kappa shape index (κ3) is 6.66. The molecule has 1 saturated heterocycles. The van der Waals surface area contributed by atoms with E-state index in [4.69, 9.17) is 9.72 Å². The molecule has 1 amide bonds. The summed E-state index contributed by atoms with van der Waals surface area (Å²) in [6.45, 7) is 4.19. The van der Waals surface area contributed by atoms with Gasteiger partial charge in [-0.05, 0) is 56.7 Å². The van der Waals surface area contributed by atoms with Crippen molar-refractivity contribution in [3.05, 3.63) is 47.3 Å². The van der Waals surface area contributed by atoms with Crippen molar-refractivity contribution in [3.63, 3.8) is 0 Å². The molecule has 3 heterocycles. The highest BCUT2D eigenvalue weighted by atomic mass is 16.5. The van der Waals surface area contributed by atoms with Crippen molar-refractivity contribution in [2.24, 2.45) is 0 Å². The van der Waals surface area contributed by atoms with Gasteiger partial charge in [-0.1, -0.05) is 6.07 Å². The van der Waals surface area contributed by atoms with Gasteiger partial charge >= 0.3 is 5.97 Å². The summed E-state index contributed by atoms with van der Waals surface area (Å²) in [5.74, 6) is 0.273. The Balaban J connectivity index is 1.57. The van der Waals surface area contributed by atoms with E-state index >= 15 is 0 Å². The number of carboxylic acid groups (broad SMARTS) is 1. The molecule has 0 atom stereocenters. The fraction of sp³-hybridized carbons (Fsp3) is 0.520. The summed E-state index contributed by atoms with van der Waals surface area (Å²) in [5.41, 5.74) is 1.88. The zero-order valence-corrected chi connectivity index (χ0v) is 19.5. The molecule has 0 radical (unpaired) electrons. The Morgan fingerprint density at radius 3 is 2.71 bits per heavy atom. The molecule has 1 aromatic heterocycles. The van der Waals surface area contributed by atoms with Crippen molar-refractivity contribution < 1.29 is 19.4 Å². The number of carboxylic acids is 1. The van der Waals surface area contributed by atoms with Crippen LogP contribution in [0.2, 0.25) is 0 Å². The van der Waals surface area contributed by atoms with Crippen LogP contribution in [0.1, 0.15) is 60.1 Å². The lowest BCUT2D eigenvalue weighted by Gasteiger charge is -2.27. The van der Waals surface area contributed by atoms with E-state index in [2.05, 4.69) is 15.2 Å². The number of hydrogen-bond donors (Lipinski definition) is 2. The molecule has 0 spiro atoms. The van der Waals surface area contributed by atoms with Crippen molar-refractivity contribution in [2.75, 3.05) is 37.7 Å². The van der Waals surface area contributed by atoms with Crippen LogP contribution in [-0.4, -0.2) is 64.6 Å². The largest absolute Gasteiger partial charge is 0.493 e. The molecule has 182 valence electrons. The standard InChI is InChI=1S/C25H33N5O4/c31-23-18-29(17-21-9-11-27-25(28-21)30-12-4-2-5-13-30)16-20-8-7-19(24(32)33)15-22(20)34-14-6-1-3-10-26-23/h7-9,11,15H,1-6,10,12-14,16-18H2,(H,26,31)(H,32,33). The number of aromatic nitrogens is 2. The summed E-state index contributed by atoms with van der Waals surface area (Å²) in [6, 6.07) is 6.83. The third-order valence-electron chi connectivity index (χ3n) is 6.20. The molecule has 0 unspecified atom stereocenters. The fourth-order valence-corrected chi connectivity index (χ4v) is 4.38. The lowest BCUT2D eigenvalue weighted by molar-refractivity contribution is -0.122. The summed E-state index contributed by atoms with van der Waals surface area (Å²) >= 11 is 0. The highest BCUT2D eigenvalue weighted by Crippen LogP contribution is 2.24. The topological polar surface area (TPSA) is 108 Å². The molecule has 0 bridgehead atoms. The van der Waals surface area contributed by atoms with Gasteiger partial charge in [0.05, 0.1) is 24.4 Å². The number of nitrogens with zero attached hydrogens (tertiary/aromatic N) is 4. The van der Waals surface area contributed by atoms with Gasteiger partial charge in [-0.15, -0.1) is 0 Å². The Bertz CT molecular complexity index is 993. The molecule has 2 aliphatic rings. The van der Waals surface area contributed by atoms with Gasteiger partial charge in [0, 0.05) is 44.5 Å². The first-order valence-corrected chi connectivity index (χ1v) is 12.1. The zero-order chi connectivity index (χ0) is 23.8. The molecular formula is C25H33N5O4. The van der Waals surface area contributed by atoms with Crippen molar-refractivity contribution in [1.82, 2.24) is 20.2 Å². The number of aromatic carboxylic acids is 1. The van der Waals surface area contributed by atoms with Crippen molar-refractivity contribution in [1.29, 1.82) is 0 Å². The second kappa shape index (κ2) is 11.8. The highest BCUT2D eigenvalue weighted by molar-refractivity contribution is 5.88. The maximum absolute atomic E-state index is 12.7. The first kappa shape index (κ1) is 23.9. The predicted molar refractivity (Wildman–Crippen MR) is 128 cm³/mol. The number of carbonyl (C=O) groups is 2. The van der Waals surface area contributed by atoms with Crippen molar-refractivity contribution in [2.45, 2.75) is 51.6 Å². The maximum atomic E-state index is 12.7. The van der Waals surface area contributed by atoms with E-state index in [1.54, 1.807) is 24.4 Å². The van der Waals surface area contributed by atoms with Crippen LogP contribution in [0, 0.1) is 0 Å². The van der Waals surface area contributed by atoms with Crippen LogP contribution < -0.4 is 15.0 Å². The molecule has 9 heteroatoms. The summed E-state index contributed by atoms with van der Waals surface area (Å²) in [7, 11) is 0. The summed E-state index contributed by atoms with van der Waals surface area (Å²) in [5, 5.41) is 12.4. The lowest BCUT2D eigenvalue weighted by atomic mass is 10.1. The molecule has 9 nitrogen and oxygen atoms in total. The van der Waals surface area contributed by atoms with Crippen LogP contribution in [0.15, 0.2) is 30.5 Å². The van der Waals surface area contributed by atoms with Gasteiger partial charge in [-0.25, -0.2) is 14.8 Å². The molecule has 1 aromatic carbocycles. The molecular weight excluding hydrogens is 434 g/mol. The molecule has 4 rings (SSSR count). The van der Waals surface area contributed by atoms with Gasteiger partial charge in [0.25, 0.3) is 0 Å². The van der Waals surface area contributed by atoms with Gasteiger partial charge in [0.15, 0.2) is 0 Å². The van der Waals surface area contributed by atoms with Crippen LogP contribution in [0.4, 0.5) is 5.95 Å². The van der Waals surface area contributed by atoms with Crippen molar-refractivity contribution >= 4 is 17.8 Å². The van der Waals surface area contributed by atoms with E-state index in [0.717, 1.165) is 62.4 Å². The molecule has 1 fully saturated rings. The minimum atomic E-state index is -0.989. The smallest absolute Gasteiger partial charge is 0.335 e. The van der Waals surface area contributed by atoms with E-state index in [0.29, 0.717) is 32.0 Å². The second-order valence-corrected chi connectivity index (χ2v) is 8.93. The van der Waals surface area contributed by atoms with E-state index < -0.39 is 5.97 Å². The average molecular weight is 468 g/mol. The van der Waals surface area contributed by atoms with Crippen LogP contribution in [0.3, 0.4) is 0 Å². The first-order chi connectivity index (χ1) is 16.6. The molecule has 2 aliphatic heterocycles. The summed E-state index contributed by atoms with van der Waals surface area (Å²) in [6.07, 6.45) is 7.97. The third-order valence-corrected chi connectivity index (χ3v) is 6.20. The quantitative estimate of drug-likeness (QED) is 0.707. The Labute approximate surface area is 200 Å². The van der Waals surface area contributed by atoms with Gasteiger partial charge in [-0.3, -0.25) is 9.69 Å². The number of hydrogen-bond acceptors (Lipinski definition) is 7. The number of nitrogens with one attached hydrogen (secondary N) is 1.